The third-order valence-electron chi connectivity index (χ3n) is 4.07. The third kappa shape index (κ3) is 4.92. The van der Waals surface area contributed by atoms with E-state index in [1.165, 1.54) is 13.0 Å². The van der Waals surface area contributed by atoms with E-state index in [0.717, 1.165) is 0 Å². The van der Waals surface area contributed by atoms with Crippen molar-refractivity contribution >= 4 is 23.6 Å². The number of amides is 1. The van der Waals surface area contributed by atoms with Crippen LogP contribution in [0.4, 0.5) is 5.82 Å². The second kappa shape index (κ2) is 8.92. The molecule has 8 heteroatoms. The van der Waals surface area contributed by atoms with Crippen LogP contribution in [0.1, 0.15) is 28.8 Å². The Morgan fingerprint density at radius 3 is 2.69 bits per heavy atom. The first-order chi connectivity index (χ1) is 14.0. The highest BCUT2D eigenvalue weighted by Crippen LogP contribution is 2.31. The van der Waals surface area contributed by atoms with E-state index in [0.29, 0.717) is 40.9 Å². The van der Waals surface area contributed by atoms with E-state index in [4.69, 9.17) is 13.9 Å². The van der Waals surface area contributed by atoms with Crippen molar-refractivity contribution in [2.24, 2.45) is 0 Å². The number of benzene rings is 1. The molecule has 0 aliphatic carbocycles. The van der Waals surface area contributed by atoms with Crippen molar-refractivity contribution in [3.05, 3.63) is 65.8 Å². The molecule has 0 aliphatic rings. The molecule has 0 aliphatic heterocycles. The number of carbonyl (C=O) groups excluding carboxylic acids is 2. The Labute approximate surface area is 167 Å². The Kier molecular flexibility index (Phi) is 6.13. The van der Waals surface area contributed by atoms with Gasteiger partial charge in [0, 0.05) is 30.8 Å². The molecule has 1 aromatic carbocycles. The molecule has 1 N–H and O–H groups in total. The highest BCUT2D eigenvalue weighted by molar-refractivity contribution is 6.01. The molecule has 3 rings (SSSR count). The van der Waals surface area contributed by atoms with Crippen LogP contribution in [0.2, 0.25) is 0 Å². The van der Waals surface area contributed by atoms with Crippen LogP contribution in [0.25, 0.3) is 6.08 Å². The van der Waals surface area contributed by atoms with Gasteiger partial charge in [0.1, 0.15) is 5.76 Å². The molecule has 1 amide bonds. The van der Waals surface area contributed by atoms with Gasteiger partial charge in [-0.1, -0.05) is 12.1 Å². The number of hydrogen-bond acceptors (Lipinski definition) is 6. The SMILES string of the molecule is COc1cccc(/C=C/C(=O)Nc2ccn(Cc3ccc(C(C)=O)o3)n2)c1OC. The quantitative estimate of drug-likeness (QED) is 0.464. The van der Waals surface area contributed by atoms with Gasteiger partial charge in [-0.15, -0.1) is 0 Å². The molecule has 0 spiro atoms. The van der Waals surface area contributed by atoms with Crippen LogP contribution in [0.3, 0.4) is 0 Å². The van der Waals surface area contributed by atoms with Gasteiger partial charge in [-0.3, -0.25) is 14.3 Å². The van der Waals surface area contributed by atoms with Crippen molar-refractivity contribution in [3.8, 4) is 11.5 Å². The maximum absolute atomic E-state index is 12.2. The van der Waals surface area contributed by atoms with E-state index in [1.807, 2.05) is 12.1 Å². The van der Waals surface area contributed by atoms with Gasteiger partial charge in [-0.25, -0.2) is 0 Å². The molecule has 0 unspecified atom stereocenters. The molecular weight excluding hydrogens is 374 g/mol. The lowest BCUT2D eigenvalue weighted by molar-refractivity contribution is -0.111. The van der Waals surface area contributed by atoms with Crippen LogP contribution in [-0.4, -0.2) is 35.7 Å². The maximum atomic E-state index is 12.2. The highest BCUT2D eigenvalue weighted by Gasteiger charge is 2.09. The first-order valence-electron chi connectivity index (χ1n) is 8.83. The van der Waals surface area contributed by atoms with Crippen LogP contribution in [0, 0.1) is 0 Å². The predicted molar refractivity (Wildman–Crippen MR) is 107 cm³/mol. The zero-order valence-electron chi connectivity index (χ0n) is 16.3. The molecule has 29 heavy (non-hydrogen) atoms. The Morgan fingerprint density at radius 1 is 1.17 bits per heavy atom. The number of nitrogens with zero attached hydrogens (tertiary/aromatic N) is 2. The van der Waals surface area contributed by atoms with Crippen molar-refractivity contribution in [2.75, 3.05) is 19.5 Å². The molecule has 0 saturated carbocycles. The summed E-state index contributed by atoms with van der Waals surface area (Å²) in [6.07, 6.45) is 4.74. The van der Waals surface area contributed by atoms with Gasteiger partial charge >= 0.3 is 0 Å². The molecule has 2 aromatic heterocycles. The van der Waals surface area contributed by atoms with E-state index >= 15 is 0 Å². The van der Waals surface area contributed by atoms with Gasteiger partial charge in [0.25, 0.3) is 0 Å². The smallest absolute Gasteiger partial charge is 0.249 e. The minimum Gasteiger partial charge on any atom is -0.493 e. The minimum atomic E-state index is -0.336. The summed E-state index contributed by atoms with van der Waals surface area (Å²) in [6, 6.07) is 10.4. The molecular formula is C21H21N3O5. The van der Waals surface area contributed by atoms with Crippen molar-refractivity contribution < 1.29 is 23.5 Å². The zero-order chi connectivity index (χ0) is 20.8. The fraction of sp³-hybridized carbons (Fsp3) is 0.190. The number of Topliss-reactive ketones (excluding diaryl/α,β-unsaturated/α-hetero) is 1. The van der Waals surface area contributed by atoms with Crippen molar-refractivity contribution in [1.82, 2.24) is 9.78 Å². The minimum absolute atomic E-state index is 0.135. The summed E-state index contributed by atoms with van der Waals surface area (Å²) in [5.41, 5.74) is 0.714. The summed E-state index contributed by atoms with van der Waals surface area (Å²) in [4.78, 5) is 23.5. The number of aromatic nitrogens is 2. The zero-order valence-corrected chi connectivity index (χ0v) is 16.3. The number of methoxy groups -OCH3 is 2. The number of ether oxygens (including phenoxy) is 2. The lowest BCUT2D eigenvalue weighted by Gasteiger charge is -2.09. The number of nitrogens with one attached hydrogen (secondary N) is 1. The number of carbonyl (C=O) groups is 2. The summed E-state index contributed by atoms with van der Waals surface area (Å²) in [5, 5.41) is 6.97. The van der Waals surface area contributed by atoms with Crippen molar-refractivity contribution in [1.29, 1.82) is 0 Å². The highest BCUT2D eigenvalue weighted by atomic mass is 16.5. The van der Waals surface area contributed by atoms with Gasteiger partial charge in [0.05, 0.1) is 20.8 Å². The third-order valence-corrected chi connectivity index (χ3v) is 4.07. The molecule has 0 fully saturated rings. The first-order valence-corrected chi connectivity index (χ1v) is 8.83. The second-order valence-corrected chi connectivity index (χ2v) is 6.13. The van der Waals surface area contributed by atoms with E-state index in [9.17, 15) is 9.59 Å². The van der Waals surface area contributed by atoms with Gasteiger partial charge in [0.2, 0.25) is 5.91 Å². The fourth-order valence-electron chi connectivity index (χ4n) is 2.70. The predicted octanol–water partition coefficient (Wildman–Crippen LogP) is 3.40. The number of furan rings is 1. The largest absolute Gasteiger partial charge is 0.493 e. The summed E-state index contributed by atoms with van der Waals surface area (Å²) in [5.74, 6) is 1.96. The van der Waals surface area contributed by atoms with Crippen LogP contribution < -0.4 is 14.8 Å². The molecule has 0 bridgehead atoms. The van der Waals surface area contributed by atoms with Gasteiger partial charge < -0.3 is 19.2 Å². The Bertz CT molecular complexity index is 1050. The van der Waals surface area contributed by atoms with Gasteiger partial charge in [0.15, 0.2) is 28.9 Å². The number of hydrogen-bond donors (Lipinski definition) is 1. The Hall–Kier alpha value is -3.81. The number of para-hydroxylation sites is 1. The lowest BCUT2D eigenvalue weighted by Crippen LogP contribution is -2.09. The van der Waals surface area contributed by atoms with Crippen LogP contribution in [0.5, 0.6) is 11.5 Å². The summed E-state index contributed by atoms with van der Waals surface area (Å²) in [7, 11) is 3.10. The second-order valence-electron chi connectivity index (χ2n) is 6.13. The van der Waals surface area contributed by atoms with Crippen molar-refractivity contribution in [2.45, 2.75) is 13.5 Å². The molecule has 3 aromatic rings. The van der Waals surface area contributed by atoms with Crippen LogP contribution >= 0.6 is 0 Å². The van der Waals surface area contributed by atoms with Gasteiger partial charge in [-0.05, 0) is 24.3 Å². The lowest BCUT2D eigenvalue weighted by atomic mass is 10.1. The number of anilines is 1. The molecule has 2 heterocycles. The summed E-state index contributed by atoms with van der Waals surface area (Å²) >= 11 is 0. The first kappa shape index (κ1) is 19.9. The van der Waals surface area contributed by atoms with E-state index in [1.54, 1.807) is 55.4 Å². The monoisotopic (exact) mass is 395 g/mol. The molecule has 150 valence electrons. The average molecular weight is 395 g/mol. The Morgan fingerprint density at radius 2 is 2.00 bits per heavy atom. The maximum Gasteiger partial charge on any atom is 0.249 e. The average Bonchev–Trinajstić information content (AvgIpc) is 3.35. The van der Waals surface area contributed by atoms with Crippen LogP contribution in [0.15, 0.2) is 53.1 Å². The van der Waals surface area contributed by atoms with Crippen molar-refractivity contribution in [3.63, 3.8) is 0 Å². The number of rotatable bonds is 8. The topological polar surface area (TPSA) is 95.6 Å². The Balaban J connectivity index is 1.63. The van der Waals surface area contributed by atoms with E-state index < -0.39 is 0 Å². The van der Waals surface area contributed by atoms with E-state index in [2.05, 4.69) is 10.4 Å². The fourth-order valence-corrected chi connectivity index (χ4v) is 2.70. The molecule has 0 radical (unpaired) electrons. The summed E-state index contributed by atoms with van der Waals surface area (Å²) in [6.45, 7) is 1.79. The normalized spacial score (nSPS) is 10.9. The van der Waals surface area contributed by atoms with Crippen LogP contribution in [-0.2, 0) is 11.3 Å². The standard InChI is InChI=1S/C21H21N3O5/c1-14(25)17-9-8-16(29-17)13-24-12-11-19(23-24)22-20(26)10-7-15-5-4-6-18(27-2)21(15)28-3/h4-12H,13H2,1-3H3,(H,22,23,26)/b10-7+. The molecule has 0 atom stereocenters. The molecule has 8 nitrogen and oxygen atoms in total. The van der Waals surface area contributed by atoms with Gasteiger partial charge in [-0.2, -0.15) is 5.10 Å². The molecule has 0 saturated heterocycles. The number of ketones is 1. The summed E-state index contributed by atoms with van der Waals surface area (Å²) < 4.78 is 17.6. The van der Waals surface area contributed by atoms with E-state index in [-0.39, 0.29) is 11.7 Å².